The molecule has 0 aliphatic carbocycles. The van der Waals surface area contributed by atoms with E-state index >= 15 is 0 Å². The smallest absolute Gasteiger partial charge is 0.220 e. The Labute approximate surface area is 148 Å². The zero-order valence-electron chi connectivity index (χ0n) is 15.4. The highest BCUT2D eigenvalue weighted by molar-refractivity contribution is 5.73. The first-order valence-corrected chi connectivity index (χ1v) is 8.78. The molecule has 0 radical (unpaired) electrons. The molecule has 136 valence electrons. The number of nitrogens with zero attached hydrogens (tertiary/aromatic N) is 4. The van der Waals surface area contributed by atoms with Gasteiger partial charge < -0.3 is 13.8 Å². The first-order valence-electron chi connectivity index (χ1n) is 8.78. The maximum atomic E-state index is 12.2. The number of amides is 1. The highest BCUT2D eigenvalue weighted by atomic mass is 16.5. The van der Waals surface area contributed by atoms with Gasteiger partial charge in [-0.1, -0.05) is 19.0 Å². The Morgan fingerprint density at radius 2 is 2.28 bits per heavy atom. The van der Waals surface area contributed by atoms with Crippen LogP contribution in [0.5, 0.6) is 0 Å². The van der Waals surface area contributed by atoms with E-state index in [1.807, 2.05) is 17.9 Å². The molecule has 1 fully saturated rings. The van der Waals surface area contributed by atoms with Crippen molar-refractivity contribution in [3.8, 4) is 0 Å². The molecule has 3 rings (SSSR count). The zero-order chi connectivity index (χ0) is 18.0. The van der Waals surface area contributed by atoms with Crippen LogP contribution in [-0.2, 0) is 17.9 Å². The molecule has 1 saturated heterocycles. The molecule has 1 aliphatic heterocycles. The fourth-order valence-electron chi connectivity index (χ4n) is 3.23. The Balaban J connectivity index is 1.61. The van der Waals surface area contributed by atoms with Crippen molar-refractivity contribution in [1.29, 1.82) is 0 Å². The van der Waals surface area contributed by atoms with Crippen LogP contribution in [0, 0.1) is 6.92 Å². The highest BCUT2D eigenvalue weighted by Crippen LogP contribution is 2.22. The maximum Gasteiger partial charge on any atom is 0.220 e. The summed E-state index contributed by atoms with van der Waals surface area (Å²) in [7, 11) is 0. The van der Waals surface area contributed by atoms with Gasteiger partial charge in [0.15, 0.2) is 5.76 Å². The summed E-state index contributed by atoms with van der Waals surface area (Å²) in [5.74, 6) is 2.66. The van der Waals surface area contributed by atoms with E-state index in [9.17, 15) is 4.79 Å². The van der Waals surface area contributed by atoms with E-state index < -0.39 is 0 Å². The Morgan fingerprint density at radius 3 is 2.88 bits per heavy atom. The topological polar surface area (TPSA) is 75.6 Å². The molecule has 0 aromatic carbocycles. The fraction of sp³-hybridized carbons (Fsp3) is 0.611. The molecule has 25 heavy (non-hydrogen) atoms. The maximum absolute atomic E-state index is 12.2. The predicted octanol–water partition coefficient (Wildman–Crippen LogP) is 2.72. The van der Waals surface area contributed by atoms with Crippen molar-refractivity contribution in [2.24, 2.45) is 0 Å². The van der Waals surface area contributed by atoms with Crippen LogP contribution in [-0.4, -0.2) is 45.0 Å². The third-order valence-electron chi connectivity index (χ3n) is 4.60. The van der Waals surface area contributed by atoms with E-state index in [1.54, 1.807) is 13.1 Å². The number of hydrogen-bond donors (Lipinski definition) is 0. The van der Waals surface area contributed by atoms with E-state index in [0.29, 0.717) is 18.4 Å². The van der Waals surface area contributed by atoms with E-state index in [-0.39, 0.29) is 11.9 Å². The van der Waals surface area contributed by atoms with Gasteiger partial charge in [-0.25, -0.2) is 4.98 Å². The molecule has 1 atom stereocenters. The van der Waals surface area contributed by atoms with Gasteiger partial charge in [0, 0.05) is 38.0 Å². The number of likely N-dealkylation sites (tertiary alicyclic amines) is 1. The number of aryl methyl sites for hydroxylation is 1. The first kappa shape index (κ1) is 17.7. The summed E-state index contributed by atoms with van der Waals surface area (Å²) >= 11 is 0. The molecular weight excluding hydrogens is 320 g/mol. The molecule has 2 aromatic rings. The van der Waals surface area contributed by atoms with Crippen molar-refractivity contribution >= 4 is 5.91 Å². The summed E-state index contributed by atoms with van der Waals surface area (Å²) in [6.07, 6.45) is 2.69. The molecule has 0 spiro atoms. The van der Waals surface area contributed by atoms with Crippen LogP contribution >= 0.6 is 0 Å². The van der Waals surface area contributed by atoms with Crippen LogP contribution in [0.1, 0.15) is 56.2 Å². The first-order chi connectivity index (χ1) is 11.9. The summed E-state index contributed by atoms with van der Waals surface area (Å²) in [4.78, 5) is 20.6. The number of carbonyl (C=O) groups is 1. The van der Waals surface area contributed by atoms with Crippen molar-refractivity contribution in [3.05, 3.63) is 35.4 Å². The molecule has 3 heterocycles. The van der Waals surface area contributed by atoms with Crippen molar-refractivity contribution < 1.29 is 13.7 Å². The molecule has 0 N–H and O–H groups in total. The van der Waals surface area contributed by atoms with Gasteiger partial charge in [0.2, 0.25) is 11.8 Å². The SMILES string of the molecule is CC(=O)N(Cc1ncc(C(C)C)o1)[C@H]1CCN(Cc2cc(C)no2)C1. The van der Waals surface area contributed by atoms with Gasteiger partial charge in [-0.15, -0.1) is 0 Å². The van der Waals surface area contributed by atoms with Crippen molar-refractivity contribution in [2.45, 2.75) is 59.2 Å². The molecule has 1 amide bonds. The third-order valence-corrected chi connectivity index (χ3v) is 4.60. The van der Waals surface area contributed by atoms with E-state index in [0.717, 1.165) is 43.3 Å². The van der Waals surface area contributed by atoms with Crippen LogP contribution in [0.15, 0.2) is 21.2 Å². The van der Waals surface area contributed by atoms with Gasteiger partial charge in [-0.3, -0.25) is 9.69 Å². The van der Waals surface area contributed by atoms with Gasteiger partial charge in [0.25, 0.3) is 0 Å². The van der Waals surface area contributed by atoms with Crippen LogP contribution in [0.25, 0.3) is 0 Å². The lowest BCUT2D eigenvalue weighted by molar-refractivity contribution is -0.132. The normalized spacial score (nSPS) is 18.2. The second-order valence-corrected chi connectivity index (χ2v) is 7.07. The molecule has 0 saturated carbocycles. The lowest BCUT2D eigenvalue weighted by Gasteiger charge is -2.26. The van der Waals surface area contributed by atoms with Gasteiger partial charge >= 0.3 is 0 Å². The molecular formula is C18H26N4O3. The molecule has 7 heteroatoms. The lowest BCUT2D eigenvalue weighted by Crippen LogP contribution is -2.40. The van der Waals surface area contributed by atoms with Crippen LogP contribution in [0.2, 0.25) is 0 Å². The Morgan fingerprint density at radius 1 is 1.48 bits per heavy atom. The number of aromatic nitrogens is 2. The summed E-state index contributed by atoms with van der Waals surface area (Å²) in [5, 5.41) is 3.93. The quantitative estimate of drug-likeness (QED) is 0.800. The van der Waals surface area contributed by atoms with Gasteiger partial charge in [0.05, 0.1) is 25.0 Å². The van der Waals surface area contributed by atoms with Gasteiger partial charge in [-0.2, -0.15) is 0 Å². The summed E-state index contributed by atoms with van der Waals surface area (Å²) in [6, 6.07) is 2.12. The second kappa shape index (κ2) is 7.39. The van der Waals surface area contributed by atoms with E-state index in [1.165, 1.54) is 0 Å². The zero-order valence-corrected chi connectivity index (χ0v) is 15.4. The largest absolute Gasteiger partial charge is 0.444 e. The minimum atomic E-state index is 0.0478. The molecule has 0 bridgehead atoms. The number of oxazole rings is 1. The summed E-state index contributed by atoms with van der Waals surface area (Å²) in [6.45, 7) is 10.5. The van der Waals surface area contributed by atoms with Crippen LogP contribution in [0.3, 0.4) is 0 Å². The molecule has 2 aromatic heterocycles. The monoisotopic (exact) mass is 346 g/mol. The molecule has 0 unspecified atom stereocenters. The van der Waals surface area contributed by atoms with Crippen molar-refractivity contribution in [2.75, 3.05) is 13.1 Å². The van der Waals surface area contributed by atoms with Crippen molar-refractivity contribution in [1.82, 2.24) is 19.9 Å². The minimum absolute atomic E-state index is 0.0478. The third kappa shape index (κ3) is 4.28. The predicted molar refractivity (Wildman–Crippen MR) is 91.7 cm³/mol. The number of hydrogen-bond acceptors (Lipinski definition) is 6. The van der Waals surface area contributed by atoms with E-state index in [2.05, 4.69) is 28.9 Å². The van der Waals surface area contributed by atoms with Gasteiger partial charge in [0.1, 0.15) is 5.76 Å². The van der Waals surface area contributed by atoms with E-state index in [4.69, 9.17) is 8.94 Å². The number of carbonyl (C=O) groups excluding carboxylic acids is 1. The van der Waals surface area contributed by atoms with Crippen molar-refractivity contribution in [3.63, 3.8) is 0 Å². The van der Waals surface area contributed by atoms with Crippen LogP contribution in [0.4, 0.5) is 0 Å². The average Bonchev–Trinajstić information content (AvgIpc) is 3.26. The summed E-state index contributed by atoms with van der Waals surface area (Å²) in [5.41, 5.74) is 0.890. The van der Waals surface area contributed by atoms with Gasteiger partial charge in [-0.05, 0) is 13.3 Å². The average molecular weight is 346 g/mol. The highest BCUT2D eigenvalue weighted by Gasteiger charge is 2.30. The Bertz CT molecular complexity index is 721. The Hall–Kier alpha value is -2.15. The van der Waals surface area contributed by atoms with Crippen LogP contribution < -0.4 is 0 Å². The molecule has 7 nitrogen and oxygen atoms in total. The number of rotatable bonds is 6. The Kier molecular flexibility index (Phi) is 5.22. The standard InChI is InChI=1S/C18H26N4O3/c1-12(2)17-8-19-18(24-17)11-22(14(4)23)15-5-6-21(9-15)10-16-7-13(3)20-25-16/h7-8,12,15H,5-6,9-11H2,1-4H3/t15-/m0/s1. The fourth-order valence-corrected chi connectivity index (χ4v) is 3.23. The second-order valence-electron chi connectivity index (χ2n) is 7.07. The lowest BCUT2D eigenvalue weighted by atomic mass is 10.2. The summed E-state index contributed by atoms with van der Waals surface area (Å²) < 4.78 is 11.1. The molecule has 1 aliphatic rings. The minimum Gasteiger partial charge on any atom is -0.444 e.